The van der Waals surface area contributed by atoms with Crippen molar-refractivity contribution < 1.29 is 0 Å². The van der Waals surface area contributed by atoms with Crippen LogP contribution in [-0.2, 0) is 0 Å². The van der Waals surface area contributed by atoms with E-state index in [-0.39, 0.29) is 0 Å². The maximum Gasteiger partial charge on any atom is 0.0676 e. The Morgan fingerprint density at radius 2 is 1.93 bits per heavy atom. The lowest BCUT2D eigenvalue weighted by Gasteiger charge is -1.98. The summed E-state index contributed by atoms with van der Waals surface area (Å²) in [6, 6.07) is 6.03. The van der Waals surface area contributed by atoms with Crippen LogP contribution in [0.2, 0.25) is 0 Å². The summed E-state index contributed by atoms with van der Waals surface area (Å²) in [5.74, 6) is 0.720. The maximum absolute atomic E-state index is 4.53. The van der Waals surface area contributed by atoms with Gasteiger partial charge in [-0.1, -0.05) is 0 Å². The number of nitrogens with zero attached hydrogens (tertiary/aromatic N) is 3. The first-order valence-electron chi connectivity index (χ1n) is 4.89. The minimum Gasteiger partial charge on any atom is -0.265 e. The van der Waals surface area contributed by atoms with Gasteiger partial charge in [-0.15, -0.1) is 0 Å². The van der Waals surface area contributed by atoms with Crippen LogP contribution < -0.4 is 0 Å². The number of hydrogen-bond donors (Lipinski definition) is 0. The summed E-state index contributed by atoms with van der Waals surface area (Å²) in [5.41, 5.74) is 2.30. The Labute approximate surface area is 82.4 Å². The highest BCUT2D eigenvalue weighted by Crippen LogP contribution is 2.38. The predicted molar refractivity (Wildman–Crippen MR) is 53.3 cm³/mol. The van der Waals surface area contributed by atoms with Crippen molar-refractivity contribution in [3.63, 3.8) is 0 Å². The largest absolute Gasteiger partial charge is 0.265 e. The lowest BCUT2D eigenvalue weighted by molar-refractivity contribution is 0.835. The van der Waals surface area contributed by atoms with Crippen LogP contribution in [0.5, 0.6) is 0 Å². The van der Waals surface area contributed by atoms with E-state index in [2.05, 4.69) is 16.1 Å². The fraction of sp³-hybridized carbons (Fsp3) is 0.273. The fourth-order valence-corrected chi connectivity index (χ4v) is 1.58. The monoisotopic (exact) mass is 185 g/mol. The van der Waals surface area contributed by atoms with Crippen LogP contribution in [-0.4, -0.2) is 14.8 Å². The van der Waals surface area contributed by atoms with Gasteiger partial charge < -0.3 is 0 Å². The van der Waals surface area contributed by atoms with Crippen molar-refractivity contribution in [2.75, 3.05) is 0 Å². The molecule has 0 radical (unpaired) electrons. The smallest absolute Gasteiger partial charge is 0.0676 e. The van der Waals surface area contributed by atoms with E-state index in [1.54, 1.807) is 12.4 Å². The molecule has 3 heteroatoms. The zero-order chi connectivity index (χ0) is 9.38. The van der Waals surface area contributed by atoms with Gasteiger partial charge in [-0.3, -0.25) is 4.98 Å². The highest BCUT2D eigenvalue weighted by molar-refractivity contribution is 5.28. The summed E-state index contributed by atoms with van der Waals surface area (Å²) in [5, 5.41) is 4.53. The van der Waals surface area contributed by atoms with Gasteiger partial charge in [0.25, 0.3) is 0 Å². The summed E-state index contributed by atoms with van der Waals surface area (Å²) in [6.07, 6.45) is 8.19. The number of pyridine rings is 1. The minimum absolute atomic E-state index is 0.720. The topological polar surface area (TPSA) is 30.7 Å². The Morgan fingerprint density at radius 3 is 2.64 bits per heavy atom. The Balaban J connectivity index is 1.96. The molecule has 3 rings (SSSR count). The van der Waals surface area contributed by atoms with E-state index in [0.29, 0.717) is 0 Å². The average Bonchev–Trinajstić information content (AvgIpc) is 2.98. The molecule has 1 aliphatic carbocycles. The molecule has 2 aromatic heterocycles. The zero-order valence-electron chi connectivity index (χ0n) is 7.80. The quantitative estimate of drug-likeness (QED) is 0.717. The molecule has 0 bridgehead atoms. The first-order valence-corrected chi connectivity index (χ1v) is 4.89. The molecule has 1 fully saturated rings. The molecule has 0 amide bonds. The Kier molecular flexibility index (Phi) is 1.63. The van der Waals surface area contributed by atoms with Gasteiger partial charge in [0.15, 0.2) is 0 Å². The molecule has 0 spiro atoms. The maximum atomic E-state index is 4.53. The Hall–Kier alpha value is -1.64. The molecule has 0 aromatic carbocycles. The van der Waals surface area contributed by atoms with Gasteiger partial charge in [-0.2, -0.15) is 5.10 Å². The molecule has 0 atom stereocenters. The van der Waals surface area contributed by atoms with Crippen molar-refractivity contribution in [1.82, 2.24) is 14.8 Å². The second-order valence-corrected chi connectivity index (χ2v) is 3.66. The first-order chi connectivity index (χ1) is 6.93. The van der Waals surface area contributed by atoms with Crippen LogP contribution in [0.4, 0.5) is 0 Å². The molecule has 0 aliphatic heterocycles. The molecular weight excluding hydrogens is 174 g/mol. The number of aromatic nitrogens is 3. The third-order valence-corrected chi connectivity index (χ3v) is 2.53. The van der Waals surface area contributed by atoms with E-state index in [9.17, 15) is 0 Å². The van der Waals surface area contributed by atoms with Crippen LogP contribution in [0.1, 0.15) is 24.5 Å². The van der Waals surface area contributed by atoms with Gasteiger partial charge in [-0.05, 0) is 31.0 Å². The van der Waals surface area contributed by atoms with Crippen molar-refractivity contribution in [1.29, 1.82) is 0 Å². The molecule has 3 nitrogen and oxygen atoms in total. The highest BCUT2D eigenvalue weighted by atomic mass is 15.3. The van der Waals surface area contributed by atoms with Crippen molar-refractivity contribution in [2.24, 2.45) is 0 Å². The van der Waals surface area contributed by atoms with Gasteiger partial charge in [0.05, 0.1) is 11.4 Å². The molecule has 1 saturated carbocycles. The second kappa shape index (κ2) is 2.94. The second-order valence-electron chi connectivity index (χ2n) is 3.66. The van der Waals surface area contributed by atoms with E-state index in [4.69, 9.17) is 0 Å². The third kappa shape index (κ3) is 1.31. The molecule has 14 heavy (non-hydrogen) atoms. The number of hydrogen-bond acceptors (Lipinski definition) is 2. The van der Waals surface area contributed by atoms with Gasteiger partial charge in [0, 0.05) is 24.5 Å². The summed E-state index contributed by atoms with van der Waals surface area (Å²) in [4.78, 5) is 3.98. The molecule has 2 heterocycles. The van der Waals surface area contributed by atoms with E-state index >= 15 is 0 Å². The van der Waals surface area contributed by atoms with Crippen LogP contribution in [0, 0.1) is 0 Å². The fourth-order valence-electron chi connectivity index (χ4n) is 1.58. The summed E-state index contributed by atoms with van der Waals surface area (Å²) < 4.78 is 1.91. The summed E-state index contributed by atoms with van der Waals surface area (Å²) in [7, 11) is 0. The molecule has 70 valence electrons. The molecule has 2 aromatic rings. The normalized spacial score (nSPS) is 15.7. The molecule has 0 unspecified atom stereocenters. The minimum atomic E-state index is 0.720. The van der Waals surface area contributed by atoms with Gasteiger partial charge in [0.1, 0.15) is 0 Å². The standard InChI is InChI=1S/C11H11N3/c1-2-9(1)11-5-8-14(13-11)10-3-6-12-7-4-10/h3-9H,1-2H2. The lowest BCUT2D eigenvalue weighted by atomic mass is 10.3. The van der Waals surface area contributed by atoms with E-state index in [1.807, 2.05) is 23.0 Å². The molecule has 0 saturated heterocycles. The molecule has 1 aliphatic rings. The van der Waals surface area contributed by atoms with Crippen LogP contribution >= 0.6 is 0 Å². The van der Waals surface area contributed by atoms with E-state index in [0.717, 1.165) is 11.6 Å². The number of rotatable bonds is 2. The van der Waals surface area contributed by atoms with Gasteiger partial charge in [0.2, 0.25) is 0 Å². The zero-order valence-corrected chi connectivity index (χ0v) is 7.80. The molecular formula is C11H11N3. The van der Waals surface area contributed by atoms with Crippen molar-refractivity contribution in [2.45, 2.75) is 18.8 Å². The summed E-state index contributed by atoms with van der Waals surface area (Å²) >= 11 is 0. The van der Waals surface area contributed by atoms with E-state index in [1.165, 1.54) is 18.5 Å². The van der Waals surface area contributed by atoms with Gasteiger partial charge in [-0.25, -0.2) is 4.68 Å². The highest BCUT2D eigenvalue weighted by Gasteiger charge is 2.25. The van der Waals surface area contributed by atoms with Crippen LogP contribution in [0.3, 0.4) is 0 Å². The van der Waals surface area contributed by atoms with Crippen molar-refractivity contribution in [3.05, 3.63) is 42.5 Å². The lowest BCUT2D eigenvalue weighted by Crippen LogP contribution is -1.95. The summed E-state index contributed by atoms with van der Waals surface area (Å²) in [6.45, 7) is 0. The molecule has 0 N–H and O–H groups in total. The van der Waals surface area contributed by atoms with Gasteiger partial charge >= 0.3 is 0 Å². The van der Waals surface area contributed by atoms with Crippen molar-refractivity contribution >= 4 is 0 Å². The van der Waals surface area contributed by atoms with E-state index < -0.39 is 0 Å². The predicted octanol–water partition coefficient (Wildman–Crippen LogP) is 2.14. The third-order valence-electron chi connectivity index (χ3n) is 2.53. The van der Waals surface area contributed by atoms with Crippen molar-refractivity contribution in [3.8, 4) is 5.69 Å². The SMILES string of the molecule is c1cc(-n2ccc(C3CC3)n2)ccn1. The Morgan fingerprint density at radius 1 is 1.14 bits per heavy atom. The van der Waals surface area contributed by atoms with Crippen LogP contribution in [0.15, 0.2) is 36.8 Å². The average molecular weight is 185 g/mol. The van der Waals surface area contributed by atoms with Crippen LogP contribution in [0.25, 0.3) is 5.69 Å². The Bertz CT molecular complexity index is 429. The first kappa shape index (κ1) is 7.74.